The van der Waals surface area contributed by atoms with E-state index in [9.17, 15) is 9.90 Å². The van der Waals surface area contributed by atoms with Gasteiger partial charge in [-0.2, -0.15) is 0 Å². The number of carbonyl (C=O) groups is 1. The molecule has 2 atom stereocenters. The quantitative estimate of drug-likeness (QED) is 0.791. The summed E-state index contributed by atoms with van der Waals surface area (Å²) in [6.07, 6.45) is 1.37. The first-order valence-electron chi connectivity index (χ1n) is 8.85. The van der Waals surface area contributed by atoms with Crippen molar-refractivity contribution < 1.29 is 28.8 Å². The smallest absolute Gasteiger partial charge is 0.413 e. The molecule has 27 heavy (non-hydrogen) atoms. The van der Waals surface area contributed by atoms with Crippen molar-refractivity contribution in [2.75, 3.05) is 13.7 Å². The van der Waals surface area contributed by atoms with Crippen molar-refractivity contribution in [3.8, 4) is 11.5 Å². The molecule has 1 heterocycles. The zero-order valence-electron chi connectivity index (χ0n) is 16.8. The molecule has 2 rings (SSSR count). The molecule has 1 aliphatic rings. The third-order valence-electron chi connectivity index (χ3n) is 4.04. The van der Waals surface area contributed by atoms with Crippen LogP contribution >= 0.6 is 0 Å². The lowest BCUT2D eigenvalue weighted by molar-refractivity contribution is -0.0661. The van der Waals surface area contributed by atoms with Gasteiger partial charge in [0, 0.05) is 0 Å². The molecule has 7 heteroatoms. The maximum atomic E-state index is 12.6. The number of aliphatic hydroxyl groups is 1. The van der Waals surface area contributed by atoms with Crippen LogP contribution in [0.4, 0.5) is 4.79 Å². The topological polar surface area (TPSA) is 77.5 Å². The molecule has 150 valence electrons. The monoisotopic (exact) mass is 379 g/mol. The lowest BCUT2D eigenvalue weighted by Crippen LogP contribution is -2.53. The molecule has 0 spiro atoms. The standard InChI is InChI=1S/C20H29NO6/c1-19(2,3)27-18(23)21-16(13-26-20(21,4)5)17(22)11-12-25-15-9-7-14(24-6)8-10-15/h7-12,16-17,22H,13H2,1-6H3/b12-11+/t16-,17-/m0/s1. The first-order chi connectivity index (χ1) is 12.5. The Morgan fingerprint density at radius 2 is 1.89 bits per heavy atom. The van der Waals surface area contributed by atoms with E-state index in [0.29, 0.717) is 5.75 Å². The van der Waals surface area contributed by atoms with Crippen molar-refractivity contribution in [3.63, 3.8) is 0 Å². The van der Waals surface area contributed by atoms with Gasteiger partial charge in [0.25, 0.3) is 0 Å². The Kier molecular flexibility index (Phi) is 6.38. The summed E-state index contributed by atoms with van der Waals surface area (Å²) in [5, 5.41) is 10.5. The number of hydrogen-bond acceptors (Lipinski definition) is 6. The van der Waals surface area contributed by atoms with Crippen molar-refractivity contribution >= 4 is 6.09 Å². The van der Waals surface area contributed by atoms with Crippen LogP contribution in [0.5, 0.6) is 11.5 Å². The van der Waals surface area contributed by atoms with Gasteiger partial charge in [0.05, 0.1) is 32.1 Å². The molecule has 0 unspecified atom stereocenters. The number of rotatable bonds is 5. The van der Waals surface area contributed by atoms with E-state index in [1.807, 2.05) is 0 Å². The Morgan fingerprint density at radius 3 is 2.44 bits per heavy atom. The van der Waals surface area contributed by atoms with Gasteiger partial charge in [-0.15, -0.1) is 0 Å². The van der Waals surface area contributed by atoms with Gasteiger partial charge in [-0.3, -0.25) is 4.90 Å². The highest BCUT2D eigenvalue weighted by Gasteiger charge is 2.47. The lowest BCUT2D eigenvalue weighted by Gasteiger charge is -2.35. The second-order valence-electron chi connectivity index (χ2n) is 7.79. The van der Waals surface area contributed by atoms with Gasteiger partial charge in [0.1, 0.15) is 22.8 Å². The van der Waals surface area contributed by atoms with Crippen molar-refractivity contribution in [2.45, 2.75) is 58.1 Å². The van der Waals surface area contributed by atoms with E-state index < -0.39 is 29.6 Å². The molecule has 1 amide bonds. The highest BCUT2D eigenvalue weighted by molar-refractivity contribution is 5.70. The van der Waals surface area contributed by atoms with Crippen LogP contribution in [-0.4, -0.2) is 53.3 Å². The number of carbonyl (C=O) groups excluding carboxylic acids is 1. The molecular weight excluding hydrogens is 350 g/mol. The fourth-order valence-corrected chi connectivity index (χ4v) is 2.73. The van der Waals surface area contributed by atoms with E-state index in [0.717, 1.165) is 5.75 Å². The number of amides is 1. The Bertz CT molecular complexity index is 662. The second kappa shape index (κ2) is 8.19. The minimum Gasteiger partial charge on any atom is -0.497 e. The van der Waals surface area contributed by atoms with E-state index in [1.165, 1.54) is 17.2 Å². The van der Waals surface area contributed by atoms with Crippen molar-refractivity contribution in [1.29, 1.82) is 0 Å². The van der Waals surface area contributed by atoms with E-state index in [4.69, 9.17) is 18.9 Å². The summed E-state index contributed by atoms with van der Waals surface area (Å²) in [4.78, 5) is 14.0. The number of aliphatic hydroxyl groups excluding tert-OH is 1. The second-order valence-corrected chi connectivity index (χ2v) is 7.79. The molecule has 1 fully saturated rings. The number of ether oxygens (including phenoxy) is 4. The summed E-state index contributed by atoms with van der Waals surface area (Å²) in [5.41, 5.74) is -1.52. The largest absolute Gasteiger partial charge is 0.497 e. The Balaban J connectivity index is 2.04. The number of nitrogens with zero attached hydrogens (tertiary/aromatic N) is 1. The average molecular weight is 379 g/mol. The van der Waals surface area contributed by atoms with Crippen LogP contribution in [-0.2, 0) is 9.47 Å². The summed E-state index contributed by atoms with van der Waals surface area (Å²) < 4.78 is 21.7. The van der Waals surface area contributed by atoms with Gasteiger partial charge < -0.3 is 24.1 Å². The predicted octanol–water partition coefficient (Wildman–Crippen LogP) is 3.32. The van der Waals surface area contributed by atoms with Gasteiger partial charge in [0.2, 0.25) is 0 Å². The van der Waals surface area contributed by atoms with Crippen LogP contribution in [0.25, 0.3) is 0 Å². The normalized spacial score (nSPS) is 20.6. The first-order valence-corrected chi connectivity index (χ1v) is 8.85. The van der Waals surface area contributed by atoms with E-state index in [-0.39, 0.29) is 6.61 Å². The zero-order valence-corrected chi connectivity index (χ0v) is 16.8. The molecular formula is C20H29NO6. The molecule has 1 N–H and O–H groups in total. The Hall–Kier alpha value is -2.25. The van der Waals surface area contributed by atoms with Crippen molar-refractivity contribution in [1.82, 2.24) is 4.90 Å². The molecule has 1 aromatic carbocycles. The highest BCUT2D eigenvalue weighted by Crippen LogP contribution is 2.31. The van der Waals surface area contributed by atoms with Crippen molar-refractivity contribution in [2.24, 2.45) is 0 Å². The summed E-state index contributed by atoms with van der Waals surface area (Å²) in [7, 11) is 1.59. The fraction of sp³-hybridized carbons (Fsp3) is 0.550. The molecule has 1 aromatic rings. The number of methoxy groups -OCH3 is 1. The third kappa shape index (κ3) is 5.61. The van der Waals surface area contributed by atoms with Crippen LogP contribution in [0.1, 0.15) is 34.6 Å². The molecule has 7 nitrogen and oxygen atoms in total. The van der Waals surface area contributed by atoms with Crippen molar-refractivity contribution in [3.05, 3.63) is 36.6 Å². The minimum absolute atomic E-state index is 0.195. The molecule has 0 saturated carbocycles. The summed E-state index contributed by atoms with van der Waals surface area (Å²) >= 11 is 0. The third-order valence-corrected chi connectivity index (χ3v) is 4.04. The van der Waals surface area contributed by atoms with E-state index in [2.05, 4.69) is 0 Å². The summed E-state index contributed by atoms with van der Waals surface area (Å²) in [6.45, 7) is 9.11. The van der Waals surface area contributed by atoms with Gasteiger partial charge >= 0.3 is 6.09 Å². The molecule has 0 bridgehead atoms. The molecule has 1 saturated heterocycles. The van der Waals surface area contributed by atoms with Gasteiger partial charge in [0.15, 0.2) is 0 Å². The SMILES string of the molecule is COc1ccc(O/C=C/[C@H](O)[C@@H]2COC(C)(C)N2C(=O)OC(C)(C)C)cc1. The van der Waals surface area contributed by atoms with Crippen LogP contribution in [0.2, 0.25) is 0 Å². The Labute approximate surface area is 160 Å². The zero-order chi connectivity index (χ0) is 20.2. The Morgan fingerprint density at radius 1 is 1.30 bits per heavy atom. The average Bonchev–Trinajstić information content (AvgIpc) is 2.89. The number of benzene rings is 1. The predicted molar refractivity (Wildman–Crippen MR) is 101 cm³/mol. The van der Waals surface area contributed by atoms with Crippen LogP contribution in [0.3, 0.4) is 0 Å². The first kappa shape index (κ1) is 21.1. The lowest BCUT2D eigenvalue weighted by atomic mass is 10.1. The molecule has 1 aliphatic heterocycles. The highest BCUT2D eigenvalue weighted by atomic mass is 16.6. The maximum Gasteiger partial charge on any atom is 0.413 e. The summed E-state index contributed by atoms with van der Waals surface area (Å²) in [6, 6.07) is 6.48. The van der Waals surface area contributed by atoms with Gasteiger partial charge in [-0.05, 0) is 65.0 Å². The number of hydrogen-bond donors (Lipinski definition) is 1. The fourth-order valence-electron chi connectivity index (χ4n) is 2.73. The van der Waals surface area contributed by atoms with Crippen LogP contribution < -0.4 is 9.47 Å². The minimum atomic E-state index is -0.974. The van der Waals surface area contributed by atoms with Gasteiger partial charge in [-0.1, -0.05) is 0 Å². The van der Waals surface area contributed by atoms with E-state index in [1.54, 1.807) is 66.0 Å². The molecule has 0 aliphatic carbocycles. The van der Waals surface area contributed by atoms with E-state index >= 15 is 0 Å². The summed E-state index contributed by atoms with van der Waals surface area (Å²) in [5.74, 6) is 1.33. The maximum absolute atomic E-state index is 12.6. The molecule has 0 radical (unpaired) electrons. The van der Waals surface area contributed by atoms with Gasteiger partial charge in [-0.25, -0.2) is 4.79 Å². The molecule has 0 aromatic heterocycles. The van der Waals surface area contributed by atoms with Crippen LogP contribution in [0, 0.1) is 0 Å². The van der Waals surface area contributed by atoms with Crippen LogP contribution in [0.15, 0.2) is 36.6 Å².